The van der Waals surface area contributed by atoms with Crippen LogP contribution in [0.25, 0.3) is 0 Å². The van der Waals surface area contributed by atoms with Gasteiger partial charge in [-0.15, -0.1) is 0 Å². The number of nitrogens with zero attached hydrogens (tertiary/aromatic N) is 2. The first kappa shape index (κ1) is 22.0. The minimum Gasteiger partial charge on any atom is -0.452 e. The van der Waals surface area contributed by atoms with Crippen molar-refractivity contribution in [2.75, 3.05) is 38.1 Å². The highest BCUT2D eigenvalue weighted by Gasteiger charge is 2.24. The Morgan fingerprint density at radius 2 is 1.61 bits per heavy atom. The van der Waals surface area contributed by atoms with Gasteiger partial charge in [0.2, 0.25) is 5.91 Å². The molecule has 0 spiro atoms. The van der Waals surface area contributed by atoms with Crippen molar-refractivity contribution in [3.63, 3.8) is 0 Å². The van der Waals surface area contributed by atoms with Crippen molar-refractivity contribution < 1.29 is 23.9 Å². The SMILES string of the molecule is CC(=O)N1CCN(C(=O)COC(=O)c2ccccc2NC(=O)c2cccc(C)c2)CC1. The third kappa shape index (κ3) is 5.69. The van der Waals surface area contributed by atoms with Crippen LogP contribution >= 0.6 is 0 Å². The number of nitrogens with one attached hydrogen (secondary N) is 1. The zero-order chi connectivity index (χ0) is 22.4. The fraction of sp³-hybridized carbons (Fsp3) is 0.304. The number of hydrogen-bond acceptors (Lipinski definition) is 5. The number of piperazine rings is 1. The predicted molar refractivity (Wildman–Crippen MR) is 115 cm³/mol. The molecule has 0 radical (unpaired) electrons. The normalized spacial score (nSPS) is 13.5. The predicted octanol–water partition coefficient (Wildman–Crippen LogP) is 2.09. The summed E-state index contributed by atoms with van der Waals surface area (Å²) in [6, 6.07) is 13.6. The molecule has 2 aromatic rings. The van der Waals surface area contributed by atoms with Crippen molar-refractivity contribution in [1.29, 1.82) is 0 Å². The molecule has 2 aromatic carbocycles. The molecule has 0 bridgehead atoms. The maximum atomic E-state index is 12.6. The number of carbonyl (C=O) groups is 4. The monoisotopic (exact) mass is 423 g/mol. The third-order valence-corrected chi connectivity index (χ3v) is 5.08. The molecule has 8 heteroatoms. The molecular weight excluding hydrogens is 398 g/mol. The summed E-state index contributed by atoms with van der Waals surface area (Å²) in [5.74, 6) is -1.39. The summed E-state index contributed by atoms with van der Waals surface area (Å²) in [6.45, 7) is 4.70. The molecule has 3 amide bonds. The van der Waals surface area contributed by atoms with Crippen LogP contribution in [0, 0.1) is 6.92 Å². The van der Waals surface area contributed by atoms with Gasteiger partial charge in [-0.05, 0) is 31.2 Å². The van der Waals surface area contributed by atoms with E-state index in [9.17, 15) is 19.2 Å². The van der Waals surface area contributed by atoms with E-state index in [0.717, 1.165) is 5.56 Å². The molecule has 0 aliphatic carbocycles. The Morgan fingerprint density at radius 3 is 2.29 bits per heavy atom. The summed E-state index contributed by atoms with van der Waals surface area (Å²) in [7, 11) is 0. The van der Waals surface area contributed by atoms with E-state index >= 15 is 0 Å². The van der Waals surface area contributed by atoms with E-state index in [1.54, 1.807) is 46.2 Å². The van der Waals surface area contributed by atoms with Gasteiger partial charge in [-0.1, -0.05) is 29.8 Å². The van der Waals surface area contributed by atoms with Crippen LogP contribution in [0.5, 0.6) is 0 Å². The molecule has 31 heavy (non-hydrogen) atoms. The van der Waals surface area contributed by atoms with Gasteiger partial charge in [0.05, 0.1) is 11.3 Å². The minimum atomic E-state index is -0.698. The first-order valence-electron chi connectivity index (χ1n) is 10.0. The second-order valence-electron chi connectivity index (χ2n) is 7.33. The van der Waals surface area contributed by atoms with E-state index in [2.05, 4.69) is 5.32 Å². The zero-order valence-corrected chi connectivity index (χ0v) is 17.6. The van der Waals surface area contributed by atoms with Gasteiger partial charge in [-0.25, -0.2) is 4.79 Å². The van der Waals surface area contributed by atoms with Crippen LogP contribution < -0.4 is 5.32 Å². The van der Waals surface area contributed by atoms with E-state index in [4.69, 9.17) is 4.74 Å². The van der Waals surface area contributed by atoms with Gasteiger partial charge in [0.1, 0.15) is 0 Å². The summed E-state index contributed by atoms with van der Waals surface area (Å²) in [6.07, 6.45) is 0. The van der Waals surface area contributed by atoms with Gasteiger partial charge < -0.3 is 19.9 Å². The number of aryl methyl sites for hydroxylation is 1. The molecule has 0 saturated carbocycles. The molecule has 1 aliphatic heterocycles. The Bertz CT molecular complexity index is 996. The quantitative estimate of drug-likeness (QED) is 0.743. The number of benzene rings is 2. The zero-order valence-electron chi connectivity index (χ0n) is 17.6. The maximum Gasteiger partial charge on any atom is 0.340 e. The Balaban J connectivity index is 1.59. The molecule has 0 aromatic heterocycles. The van der Waals surface area contributed by atoms with Gasteiger partial charge >= 0.3 is 5.97 Å². The van der Waals surface area contributed by atoms with Crippen LogP contribution in [0.3, 0.4) is 0 Å². The van der Waals surface area contributed by atoms with E-state index in [1.807, 2.05) is 13.0 Å². The number of esters is 1. The van der Waals surface area contributed by atoms with E-state index in [-0.39, 0.29) is 23.3 Å². The van der Waals surface area contributed by atoms with Crippen LogP contribution in [0.15, 0.2) is 48.5 Å². The van der Waals surface area contributed by atoms with Gasteiger partial charge in [-0.3, -0.25) is 14.4 Å². The van der Waals surface area contributed by atoms with Gasteiger partial charge in [0.15, 0.2) is 6.61 Å². The number of para-hydroxylation sites is 1. The van der Waals surface area contributed by atoms with E-state index < -0.39 is 12.6 Å². The number of anilines is 1. The van der Waals surface area contributed by atoms with Crippen molar-refractivity contribution >= 4 is 29.4 Å². The molecule has 1 saturated heterocycles. The topological polar surface area (TPSA) is 96.0 Å². The Labute approximate surface area is 180 Å². The molecule has 0 atom stereocenters. The summed E-state index contributed by atoms with van der Waals surface area (Å²) < 4.78 is 5.20. The maximum absolute atomic E-state index is 12.6. The van der Waals surface area contributed by atoms with Crippen molar-refractivity contribution in [3.05, 3.63) is 65.2 Å². The molecule has 1 N–H and O–H groups in total. The molecule has 1 heterocycles. The first-order chi connectivity index (χ1) is 14.8. The number of hydrogen-bond donors (Lipinski definition) is 1. The highest BCUT2D eigenvalue weighted by molar-refractivity contribution is 6.08. The molecular formula is C23H25N3O5. The van der Waals surface area contributed by atoms with E-state index in [1.165, 1.54) is 13.0 Å². The second-order valence-corrected chi connectivity index (χ2v) is 7.33. The van der Waals surface area contributed by atoms with Gasteiger partial charge in [-0.2, -0.15) is 0 Å². The average Bonchev–Trinajstić information content (AvgIpc) is 2.77. The Morgan fingerprint density at radius 1 is 0.935 bits per heavy atom. The van der Waals surface area contributed by atoms with Crippen molar-refractivity contribution in [1.82, 2.24) is 9.80 Å². The molecule has 8 nitrogen and oxygen atoms in total. The second kappa shape index (κ2) is 9.88. The smallest absolute Gasteiger partial charge is 0.340 e. The van der Waals surface area contributed by atoms with Crippen LogP contribution in [0.1, 0.15) is 33.2 Å². The molecule has 1 aliphatic rings. The van der Waals surface area contributed by atoms with Crippen molar-refractivity contribution in [2.24, 2.45) is 0 Å². The lowest BCUT2D eigenvalue weighted by molar-refractivity contribution is -0.140. The first-order valence-corrected chi connectivity index (χ1v) is 10.0. The summed E-state index contributed by atoms with van der Waals surface area (Å²) in [5, 5.41) is 2.73. The van der Waals surface area contributed by atoms with Crippen LogP contribution in [-0.4, -0.2) is 66.3 Å². The van der Waals surface area contributed by atoms with Crippen molar-refractivity contribution in [2.45, 2.75) is 13.8 Å². The highest BCUT2D eigenvalue weighted by atomic mass is 16.5. The van der Waals surface area contributed by atoms with E-state index in [0.29, 0.717) is 37.4 Å². The lowest BCUT2D eigenvalue weighted by Gasteiger charge is -2.34. The number of amides is 3. The van der Waals surface area contributed by atoms with Crippen LogP contribution in [0.4, 0.5) is 5.69 Å². The minimum absolute atomic E-state index is 0.0251. The largest absolute Gasteiger partial charge is 0.452 e. The third-order valence-electron chi connectivity index (χ3n) is 5.08. The molecule has 1 fully saturated rings. The fourth-order valence-corrected chi connectivity index (χ4v) is 3.32. The summed E-state index contributed by atoms with van der Waals surface area (Å²) in [5.41, 5.74) is 1.89. The van der Waals surface area contributed by atoms with Crippen LogP contribution in [0.2, 0.25) is 0 Å². The lowest BCUT2D eigenvalue weighted by Crippen LogP contribution is -2.51. The van der Waals surface area contributed by atoms with Gasteiger partial charge in [0, 0.05) is 38.7 Å². The molecule has 162 valence electrons. The molecule has 0 unspecified atom stereocenters. The fourth-order valence-electron chi connectivity index (χ4n) is 3.32. The average molecular weight is 423 g/mol. The number of ether oxygens (including phenoxy) is 1. The summed E-state index contributed by atoms with van der Waals surface area (Å²) in [4.78, 5) is 52.1. The lowest BCUT2D eigenvalue weighted by atomic mass is 10.1. The Kier molecular flexibility index (Phi) is 7.02. The number of carbonyl (C=O) groups excluding carboxylic acids is 4. The summed E-state index contributed by atoms with van der Waals surface area (Å²) >= 11 is 0. The van der Waals surface area contributed by atoms with Crippen molar-refractivity contribution in [3.8, 4) is 0 Å². The molecule has 3 rings (SSSR count). The Hall–Kier alpha value is -3.68. The standard InChI is InChI=1S/C23H25N3O5/c1-16-6-5-7-18(14-16)22(29)24-20-9-4-3-8-19(20)23(30)31-15-21(28)26-12-10-25(11-13-26)17(2)27/h3-9,14H,10-13,15H2,1-2H3,(H,24,29). The van der Waals surface area contributed by atoms with Crippen LogP contribution in [-0.2, 0) is 14.3 Å². The number of rotatable bonds is 5. The highest BCUT2D eigenvalue weighted by Crippen LogP contribution is 2.18. The van der Waals surface area contributed by atoms with Gasteiger partial charge in [0.25, 0.3) is 11.8 Å².